The number of hydrogen-bond acceptors (Lipinski definition) is 2. The van der Waals surface area contributed by atoms with E-state index in [0.717, 1.165) is 37.9 Å². The Morgan fingerprint density at radius 1 is 1.20 bits per heavy atom. The molecule has 0 saturated carbocycles. The maximum absolute atomic E-state index is 10.6. The third-order valence-electron chi connectivity index (χ3n) is 3.22. The van der Waals surface area contributed by atoms with Crippen LogP contribution in [0.2, 0.25) is 0 Å². The summed E-state index contributed by atoms with van der Waals surface area (Å²) in [5.74, 6) is 1.01. The number of allylic oxidation sites excluding steroid dienone is 2. The number of benzene rings is 1. The second-order valence-electron chi connectivity index (χ2n) is 4.00. The summed E-state index contributed by atoms with van der Waals surface area (Å²) in [6.07, 6.45) is 5.62. The molecule has 0 unspecified atom stereocenters. The summed E-state index contributed by atoms with van der Waals surface area (Å²) < 4.78 is 5.53. The molecule has 3 rings (SSSR count). The zero-order chi connectivity index (χ0) is 10.3. The van der Waals surface area contributed by atoms with Crippen LogP contribution in [0.25, 0.3) is 5.57 Å². The standard InChI is InChI=1S/C13H12O2/c14-7-5-10-2-1-9-3-4-12-11(13(9)10)6-8-15-12/h3-5,7H,1-2,6,8H2/b10-5+. The van der Waals surface area contributed by atoms with Crippen molar-refractivity contribution in [3.63, 3.8) is 0 Å². The van der Waals surface area contributed by atoms with Crippen molar-refractivity contribution < 1.29 is 9.53 Å². The van der Waals surface area contributed by atoms with Gasteiger partial charge in [-0.3, -0.25) is 4.79 Å². The van der Waals surface area contributed by atoms with E-state index in [-0.39, 0.29) is 0 Å². The SMILES string of the molecule is O=C/C=C1\CCc2ccc3c(c21)CCO3. The van der Waals surface area contributed by atoms with Crippen molar-refractivity contribution in [1.29, 1.82) is 0 Å². The van der Waals surface area contributed by atoms with Crippen LogP contribution >= 0.6 is 0 Å². The smallest absolute Gasteiger partial charge is 0.143 e. The summed E-state index contributed by atoms with van der Waals surface area (Å²) in [5.41, 5.74) is 5.14. The predicted octanol–water partition coefficient (Wildman–Crippen LogP) is 2.15. The van der Waals surface area contributed by atoms with E-state index in [9.17, 15) is 4.79 Å². The first-order chi connectivity index (χ1) is 7.40. The van der Waals surface area contributed by atoms with Crippen molar-refractivity contribution in [2.45, 2.75) is 19.3 Å². The number of aryl methyl sites for hydroxylation is 1. The van der Waals surface area contributed by atoms with Crippen LogP contribution in [0, 0.1) is 0 Å². The van der Waals surface area contributed by atoms with Crippen LogP contribution in [0.4, 0.5) is 0 Å². The Labute approximate surface area is 88.6 Å². The summed E-state index contributed by atoms with van der Waals surface area (Å²) in [4.78, 5) is 10.6. The monoisotopic (exact) mass is 200 g/mol. The molecule has 0 amide bonds. The number of ether oxygens (including phenoxy) is 1. The van der Waals surface area contributed by atoms with Gasteiger partial charge in [0.2, 0.25) is 0 Å². The Balaban J connectivity index is 2.22. The first-order valence-corrected chi connectivity index (χ1v) is 5.32. The van der Waals surface area contributed by atoms with Gasteiger partial charge in [0.25, 0.3) is 0 Å². The van der Waals surface area contributed by atoms with E-state index in [1.54, 1.807) is 6.08 Å². The van der Waals surface area contributed by atoms with Crippen LogP contribution in [0.3, 0.4) is 0 Å². The van der Waals surface area contributed by atoms with Crippen molar-refractivity contribution >= 4 is 11.9 Å². The first kappa shape index (κ1) is 8.72. The average molecular weight is 200 g/mol. The maximum atomic E-state index is 10.6. The molecule has 2 nitrogen and oxygen atoms in total. The number of carbonyl (C=O) groups is 1. The fourth-order valence-electron chi connectivity index (χ4n) is 2.58. The maximum Gasteiger partial charge on any atom is 0.143 e. The molecule has 0 fully saturated rings. The summed E-state index contributed by atoms with van der Waals surface area (Å²) in [6, 6.07) is 4.19. The van der Waals surface area contributed by atoms with E-state index in [0.29, 0.717) is 0 Å². The Hall–Kier alpha value is -1.57. The minimum atomic E-state index is 0.778. The molecule has 1 heterocycles. The minimum Gasteiger partial charge on any atom is -0.493 e. The largest absolute Gasteiger partial charge is 0.493 e. The van der Waals surface area contributed by atoms with E-state index in [4.69, 9.17) is 4.74 Å². The molecule has 1 aliphatic heterocycles. The normalized spacial score (nSPS) is 19.9. The van der Waals surface area contributed by atoms with Crippen molar-refractivity contribution in [3.05, 3.63) is 34.9 Å². The number of hydrogen-bond donors (Lipinski definition) is 0. The summed E-state index contributed by atoms with van der Waals surface area (Å²) in [6.45, 7) is 0.778. The average Bonchev–Trinajstić information content (AvgIpc) is 2.83. The molecule has 2 heteroatoms. The lowest BCUT2D eigenvalue weighted by molar-refractivity contribution is -0.104. The van der Waals surface area contributed by atoms with Crippen molar-refractivity contribution in [2.24, 2.45) is 0 Å². The van der Waals surface area contributed by atoms with Crippen LogP contribution in [-0.4, -0.2) is 12.9 Å². The van der Waals surface area contributed by atoms with Gasteiger partial charge < -0.3 is 4.74 Å². The van der Waals surface area contributed by atoms with Gasteiger partial charge in [-0.25, -0.2) is 0 Å². The van der Waals surface area contributed by atoms with E-state index in [1.807, 2.05) is 0 Å². The number of rotatable bonds is 1. The van der Waals surface area contributed by atoms with Gasteiger partial charge in [-0.2, -0.15) is 0 Å². The zero-order valence-corrected chi connectivity index (χ0v) is 8.45. The number of fused-ring (bicyclic) bond motifs is 3. The molecule has 0 N–H and O–H groups in total. The van der Waals surface area contributed by atoms with E-state index >= 15 is 0 Å². The summed E-state index contributed by atoms with van der Waals surface area (Å²) >= 11 is 0. The third kappa shape index (κ3) is 1.21. The summed E-state index contributed by atoms with van der Waals surface area (Å²) in [7, 11) is 0. The molecule has 0 aromatic heterocycles. The highest BCUT2D eigenvalue weighted by atomic mass is 16.5. The van der Waals surface area contributed by atoms with Gasteiger partial charge in [-0.1, -0.05) is 6.07 Å². The second kappa shape index (κ2) is 3.23. The van der Waals surface area contributed by atoms with Crippen LogP contribution in [-0.2, 0) is 17.6 Å². The molecule has 0 atom stereocenters. The number of aldehydes is 1. The Bertz CT molecular complexity index is 458. The Kier molecular flexibility index (Phi) is 1.88. The van der Waals surface area contributed by atoms with Gasteiger partial charge in [-0.15, -0.1) is 0 Å². The molecular weight excluding hydrogens is 188 g/mol. The molecule has 1 aromatic rings. The molecule has 0 spiro atoms. The highest BCUT2D eigenvalue weighted by molar-refractivity contribution is 5.86. The molecule has 15 heavy (non-hydrogen) atoms. The molecule has 0 bridgehead atoms. The number of carbonyl (C=O) groups excluding carboxylic acids is 1. The quantitative estimate of drug-likeness (QED) is 0.513. The topological polar surface area (TPSA) is 26.3 Å². The summed E-state index contributed by atoms with van der Waals surface area (Å²) in [5, 5.41) is 0. The predicted molar refractivity (Wildman–Crippen MR) is 58.0 cm³/mol. The van der Waals surface area contributed by atoms with Crippen LogP contribution in [0.1, 0.15) is 23.1 Å². The fourth-order valence-corrected chi connectivity index (χ4v) is 2.58. The molecule has 1 aromatic carbocycles. The van der Waals surface area contributed by atoms with Crippen molar-refractivity contribution in [1.82, 2.24) is 0 Å². The fraction of sp³-hybridized carbons (Fsp3) is 0.308. The third-order valence-corrected chi connectivity index (χ3v) is 3.22. The first-order valence-electron chi connectivity index (χ1n) is 5.32. The lowest BCUT2D eigenvalue weighted by atomic mass is 9.98. The van der Waals surface area contributed by atoms with Gasteiger partial charge in [0.1, 0.15) is 12.0 Å². The Morgan fingerprint density at radius 2 is 2.13 bits per heavy atom. The second-order valence-corrected chi connectivity index (χ2v) is 4.00. The van der Waals surface area contributed by atoms with Gasteiger partial charge in [0.05, 0.1) is 6.61 Å². The van der Waals surface area contributed by atoms with Crippen LogP contribution in [0.15, 0.2) is 18.2 Å². The molecule has 1 aliphatic carbocycles. The van der Waals surface area contributed by atoms with Crippen molar-refractivity contribution in [2.75, 3.05) is 6.61 Å². The van der Waals surface area contributed by atoms with E-state index < -0.39 is 0 Å². The van der Waals surface area contributed by atoms with Crippen LogP contribution in [0.5, 0.6) is 5.75 Å². The molecule has 2 aliphatic rings. The van der Waals surface area contributed by atoms with Gasteiger partial charge in [0, 0.05) is 12.0 Å². The molecular formula is C13H12O2. The molecule has 0 radical (unpaired) electrons. The van der Waals surface area contributed by atoms with Crippen molar-refractivity contribution in [3.8, 4) is 5.75 Å². The van der Waals surface area contributed by atoms with Gasteiger partial charge >= 0.3 is 0 Å². The highest BCUT2D eigenvalue weighted by Crippen LogP contribution is 2.40. The van der Waals surface area contributed by atoms with Crippen LogP contribution < -0.4 is 4.74 Å². The molecule has 0 saturated heterocycles. The highest BCUT2D eigenvalue weighted by Gasteiger charge is 2.24. The van der Waals surface area contributed by atoms with Gasteiger partial charge in [0.15, 0.2) is 0 Å². The minimum absolute atomic E-state index is 0.778. The Morgan fingerprint density at radius 3 is 3.00 bits per heavy atom. The zero-order valence-electron chi connectivity index (χ0n) is 8.45. The van der Waals surface area contributed by atoms with E-state index in [1.165, 1.54) is 22.3 Å². The van der Waals surface area contributed by atoms with E-state index in [2.05, 4.69) is 12.1 Å². The van der Waals surface area contributed by atoms with Gasteiger partial charge in [-0.05, 0) is 41.7 Å². The molecule has 76 valence electrons. The lowest BCUT2D eigenvalue weighted by Crippen LogP contribution is -1.89. The lowest BCUT2D eigenvalue weighted by Gasteiger charge is -2.06.